The van der Waals surface area contributed by atoms with Crippen LogP contribution in [0.4, 0.5) is 9.18 Å². The maximum absolute atomic E-state index is 12.8. The molecular formula is C15H20FN3O2. The zero-order valence-electron chi connectivity index (χ0n) is 12.1. The number of hydrogen-bond acceptors (Lipinski definition) is 3. The van der Waals surface area contributed by atoms with Crippen LogP contribution in [0.2, 0.25) is 0 Å². The van der Waals surface area contributed by atoms with Crippen LogP contribution in [-0.4, -0.2) is 61.4 Å². The Kier molecular flexibility index (Phi) is 5.27. The lowest BCUT2D eigenvalue weighted by atomic mass is 10.1. The summed E-state index contributed by atoms with van der Waals surface area (Å²) in [5, 5.41) is 2.75. The van der Waals surface area contributed by atoms with Crippen molar-refractivity contribution in [3.8, 4) is 0 Å². The molecule has 1 N–H and O–H groups in total. The molecule has 114 valence electrons. The molecule has 6 heteroatoms. The minimum absolute atomic E-state index is 0.103. The number of ketones is 1. The van der Waals surface area contributed by atoms with Gasteiger partial charge in [0.2, 0.25) is 0 Å². The van der Waals surface area contributed by atoms with E-state index in [0.29, 0.717) is 25.2 Å². The van der Waals surface area contributed by atoms with E-state index < -0.39 is 0 Å². The van der Waals surface area contributed by atoms with Crippen molar-refractivity contribution in [3.63, 3.8) is 0 Å². The second-order valence-corrected chi connectivity index (χ2v) is 5.20. The van der Waals surface area contributed by atoms with Gasteiger partial charge < -0.3 is 15.1 Å². The number of hydrogen-bond donors (Lipinski definition) is 1. The van der Waals surface area contributed by atoms with Crippen LogP contribution >= 0.6 is 0 Å². The lowest BCUT2D eigenvalue weighted by Gasteiger charge is -2.32. The van der Waals surface area contributed by atoms with Crippen molar-refractivity contribution in [1.29, 1.82) is 0 Å². The minimum Gasteiger partial charge on any atom is -0.338 e. The molecule has 1 aromatic rings. The molecule has 1 saturated heterocycles. The van der Waals surface area contributed by atoms with E-state index in [1.165, 1.54) is 24.3 Å². The number of urea groups is 1. The average molecular weight is 293 g/mol. The minimum atomic E-state index is -0.366. The second-order valence-electron chi connectivity index (χ2n) is 5.20. The molecule has 21 heavy (non-hydrogen) atoms. The van der Waals surface area contributed by atoms with Gasteiger partial charge in [-0.2, -0.15) is 0 Å². The van der Waals surface area contributed by atoms with Crippen molar-refractivity contribution in [1.82, 2.24) is 15.1 Å². The van der Waals surface area contributed by atoms with E-state index in [1.807, 2.05) is 7.05 Å². The summed E-state index contributed by atoms with van der Waals surface area (Å²) >= 11 is 0. The first-order valence-corrected chi connectivity index (χ1v) is 7.06. The zero-order valence-corrected chi connectivity index (χ0v) is 12.1. The van der Waals surface area contributed by atoms with Crippen molar-refractivity contribution in [3.05, 3.63) is 35.6 Å². The number of likely N-dealkylation sites (N-methyl/N-ethyl adjacent to an activating group) is 1. The lowest BCUT2D eigenvalue weighted by molar-refractivity contribution is 0.0982. The third-order valence-electron chi connectivity index (χ3n) is 3.58. The highest BCUT2D eigenvalue weighted by atomic mass is 19.1. The number of Topliss-reactive ketones (excluding diaryl/α,β-unsaturated/α-hetero) is 1. The number of benzene rings is 1. The molecule has 2 rings (SSSR count). The zero-order chi connectivity index (χ0) is 15.2. The van der Waals surface area contributed by atoms with Crippen molar-refractivity contribution in [2.24, 2.45) is 0 Å². The maximum Gasteiger partial charge on any atom is 0.317 e. The predicted molar refractivity (Wildman–Crippen MR) is 77.8 cm³/mol. The van der Waals surface area contributed by atoms with E-state index in [2.05, 4.69) is 10.2 Å². The van der Waals surface area contributed by atoms with Gasteiger partial charge in [-0.1, -0.05) is 0 Å². The van der Waals surface area contributed by atoms with E-state index in [0.717, 1.165) is 13.1 Å². The number of amides is 2. The molecule has 1 fully saturated rings. The Labute approximate surface area is 123 Å². The normalized spacial score (nSPS) is 15.8. The van der Waals surface area contributed by atoms with Crippen LogP contribution in [0.15, 0.2) is 24.3 Å². The van der Waals surface area contributed by atoms with E-state index in [9.17, 15) is 14.0 Å². The molecule has 1 aromatic carbocycles. The molecule has 0 unspecified atom stereocenters. The third kappa shape index (κ3) is 4.53. The van der Waals surface area contributed by atoms with Crippen LogP contribution in [0.1, 0.15) is 16.8 Å². The highest BCUT2D eigenvalue weighted by Crippen LogP contribution is 2.05. The fourth-order valence-electron chi connectivity index (χ4n) is 2.18. The summed E-state index contributed by atoms with van der Waals surface area (Å²) in [6, 6.07) is 5.31. The third-order valence-corrected chi connectivity index (χ3v) is 3.58. The van der Waals surface area contributed by atoms with Gasteiger partial charge in [0.1, 0.15) is 5.82 Å². The van der Waals surface area contributed by atoms with Crippen LogP contribution in [0.25, 0.3) is 0 Å². The van der Waals surface area contributed by atoms with Crippen LogP contribution in [0.3, 0.4) is 0 Å². The molecular weight excluding hydrogens is 273 g/mol. The molecule has 0 bridgehead atoms. The summed E-state index contributed by atoms with van der Waals surface area (Å²) in [6.45, 7) is 3.42. The van der Waals surface area contributed by atoms with E-state index in [1.54, 1.807) is 4.90 Å². The van der Waals surface area contributed by atoms with Crippen LogP contribution in [0, 0.1) is 5.82 Å². The lowest BCUT2D eigenvalue weighted by Crippen LogP contribution is -2.50. The molecule has 1 aliphatic heterocycles. The van der Waals surface area contributed by atoms with Crippen LogP contribution in [-0.2, 0) is 0 Å². The Bertz CT molecular complexity index is 496. The molecule has 1 aliphatic rings. The molecule has 5 nitrogen and oxygen atoms in total. The fourth-order valence-corrected chi connectivity index (χ4v) is 2.18. The van der Waals surface area contributed by atoms with Crippen molar-refractivity contribution < 1.29 is 14.0 Å². The predicted octanol–water partition coefficient (Wildman–Crippen LogP) is 1.36. The molecule has 0 saturated carbocycles. The smallest absolute Gasteiger partial charge is 0.317 e. The maximum atomic E-state index is 12.8. The van der Waals surface area contributed by atoms with Gasteiger partial charge in [-0.3, -0.25) is 4.79 Å². The molecule has 0 radical (unpaired) electrons. The Morgan fingerprint density at radius 1 is 1.14 bits per heavy atom. The molecule has 2 amide bonds. The number of rotatable bonds is 4. The summed E-state index contributed by atoms with van der Waals surface area (Å²) in [5.74, 6) is -0.469. The summed E-state index contributed by atoms with van der Waals surface area (Å²) in [6.07, 6.45) is 0.213. The molecule has 0 spiro atoms. The number of carbonyl (C=O) groups excluding carboxylic acids is 2. The first-order chi connectivity index (χ1) is 10.1. The van der Waals surface area contributed by atoms with Gasteiger partial charge in [0.15, 0.2) is 5.78 Å². The number of carbonyl (C=O) groups is 2. The molecule has 1 heterocycles. The second kappa shape index (κ2) is 7.17. The van der Waals surface area contributed by atoms with Gasteiger partial charge in [0, 0.05) is 44.7 Å². The number of piperazine rings is 1. The van der Waals surface area contributed by atoms with Crippen LogP contribution in [0.5, 0.6) is 0 Å². The standard InChI is InChI=1S/C15H20FN3O2/c1-18-8-10-19(11-9-18)15(21)17-7-6-14(20)12-2-4-13(16)5-3-12/h2-5H,6-11H2,1H3,(H,17,21). The topological polar surface area (TPSA) is 52.6 Å². The van der Waals surface area contributed by atoms with Crippen molar-refractivity contribution in [2.45, 2.75) is 6.42 Å². The number of nitrogens with zero attached hydrogens (tertiary/aromatic N) is 2. The fraction of sp³-hybridized carbons (Fsp3) is 0.467. The van der Waals surface area contributed by atoms with E-state index in [-0.39, 0.29) is 24.1 Å². The molecule has 0 aromatic heterocycles. The van der Waals surface area contributed by atoms with Gasteiger partial charge in [0.05, 0.1) is 0 Å². The summed E-state index contributed by atoms with van der Waals surface area (Å²) in [7, 11) is 2.02. The Hall–Kier alpha value is -1.95. The van der Waals surface area contributed by atoms with E-state index >= 15 is 0 Å². The highest BCUT2D eigenvalue weighted by molar-refractivity contribution is 5.96. The van der Waals surface area contributed by atoms with Gasteiger partial charge in [-0.15, -0.1) is 0 Å². The van der Waals surface area contributed by atoms with Gasteiger partial charge in [-0.25, -0.2) is 9.18 Å². The van der Waals surface area contributed by atoms with Gasteiger partial charge >= 0.3 is 6.03 Å². The number of halogens is 1. The Morgan fingerprint density at radius 3 is 2.38 bits per heavy atom. The number of nitrogens with one attached hydrogen (secondary N) is 1. The van der Waals surface area contributed by atoms with Crippen molar-refractivity contribution >= 4 is 11.8 Å². The molecule has 0 atom stereocenters. The van der Waals surface area contributed by atoms with E-state index in [4.69, 9.17) is 0 Å². The summed E-state index contributed by atoms with van der Waals surface area (Å²) < 4.78 is 12.8. The van der Waals surface area contributed by atoms with Crippen LogP contribution < -0.4 is 5.32 Å². The Morgan fingerprint density at radius 2 is 1.76 bits per heavy atom. The SMILES string of the molecule is CN1CCN(C(=O)NCCC(=O)c2ccc(F)cc2)CC1. The van der Waals surface area contributed by atoms with Crippen molar-refractivity contribution in [2.75, 3.05) is 39.8 Å². The Balaban J connectivity index is 1.72. The first kappa shape index (κ1) is 15.4. The van der Waals surface area contributed by atoms with Gasteiger partial charge in [-0.05, 0) is 31.3 Å². The first-order valence-electron chi connectivity index (χ1n) is 7.06. The molecule has 0 aliphatic carbocycles. The summed E-state index contributed by atoms with van der Waals surface area (Å²) in [4.78, 5) is 27.7. The monoisotopic (exact) mass is 293 g/mol. The highest BCUT2D eigenvalue weighted by Gasteiger charge is 2.18. The summed E-state index contributed by atoms with van der Waals surface area (Å²) in [5.41, 5.74) is 0.463. The average Bonchev–Trinajstić information content (AvgIpc) is 2.48. The van der Waals surface area contributed by atoms with Gasteiger partial charge in [0.25, 0.3) is 0 Å². The quantitative estimate of drug-likeness (QED) is 0.853. The largest absolute Gasteiger partial charge is 0.338 e.